The molecule has 2 aliphatic heterocycles. The molecule has 6 nitrogen and oxygen atoms in total. The van der Waals surface area contributed by atoms with Crippen LogP contribution in [0.4, 0.5) is 0 Å². The number of rotatable bonds is 5. The van der Waals surface area contributed by atoms with Crippen molar-refractivity contribution in [3.63, 3.8) is 0 Å². The summed E-state index contributed by atoms with van der Waals surface area (Å²) < 4.78 is 16.7. The zero-order valence-corrected chi connectivity index (χ0v) is 17.0. The molecular formula is C25H21NO5. The fraction of sp³-hybridized carbons (Fsp3) is 0.160. The summed E-state index contributed by atoms with van der Waals surface area (Å²) in [5.41, 5.74) is 2.98. The van der Waals surface area contributed by atoms with Gasteiger partial charge in [-0.15, -0.1) is 0 Å². The highest BCUT2D eigenvalue weighted by Gasteiger charge is 2.31. The van der Waals surface area contributed by atoms with Crippen LogP contribution in [0, 0.1) is 0 Å². The number of fused-ring (bicyclic) bond motifs is 2. The minimum absolute atomic E-state index is 0.107. The minimum atomic E-state index is -0.209. The molecule has 156 valence electrons. The number of Topliss-reactive ketones (excluding diaryl/α,β-unsaturated/α-hetero) is 1. The third-order valence-corrected chi connectivity index (χ3v) is 5.33. The number of ether oxygens (including phenoxy) is 3. The van der Waals surface area contributed by atoms with E-state index in [-0.39, 0.29) is 24.1 Å². The number of carbonyl (C=O) groups is 1. The first-order valence-electron chi connectivity index (χ1n) is 10.00. The number of nitrogens with zero attached hydrogens (tertiary/aromatic N) is 1. The second-order valence-corrected chi connectivity index (χ2v) is 7.65. The van der Waals surface area contributed by atoms with Crippen molar-refractivity contribution in [1.29, 1.82) is 0 Å². The first-order chi connectivity index (χ1) is 15.1. The Labute approximate surface area is 179 Å². The topological polar surface area (TPSA) is 68.2 Å². The van der Waals surface area contributed by atoms with E-state index in [2.05, 4.69) is 17.0 Å². The van der Waals surface area contributed by atoms with Crippen molar-refractivity contribution in [3.8, 4) is 23.0 Å². The molecule has 3 aromatic carbocycles. The van der Waals surface area contributed by atoms with Gasteiger partial charge in [0.05, 0.1) is 11.1 Å². The van der Waals surface area contributed by atoms with Crippen molar-refractivity contribution < 1.29 is 24.1 Å². The molecular weight excluding hydrogens is 394 g/mol. The average molecular weight is 415 g/mol. The predicted molar refractivity (Wildman–Crippen MR) is 115 cm³/mol. The number of hydrogen-bond acceptors (Lipinski definition) is 6. The molecule has 0 atom stereocenters. The summed E-state index contributed by atoms with van der Waals surface area (Å²) in [4.78, 5) is 15.0. The Bertz CT molecular complexity index is 1190. The van der Waals surface area contributed by atoms with Crippen molar-refractivity contribution in [1.82, 2.24) is 4.90 Å². The lowest BCUT2D eigenvalue weighted by molar-refractivity contribution is 0.101. The van der Waals surface area contributed by atoms with E-state index in [9.17, 15) is 9.90 Å². The number of allylic oxidation sites excluding steroid dienone is 1. The lowest BCUT2D eigenvalue weighted by Crippen LogP contribution is -2.17. The van der Waals surface area contributed by atoms with E-state index in [4.69, 9.17) is 14.2 Å². The number of benzene rings is 3. The zero-order valence-electron chi connectivity index (χ0n) is 17.0. The molecule has 0 spiro atoms. The monoisotopic (exact) mass is 415 g/mol. The number of hydrogen-bond donors (Lipinski definition) is 1. The molecule has 0 bridgehead atoms. The highest BCUT2D eigenvalue weighted by molar-refractivity contribution is 6.15. The Kier molecular flexibility index (Phi) is 4.84. The number of carbonyl (C=O) groups excluding carboxylic acids is 1. The molecule has 0 aromatic heterocycles. The maximum atomic E-state index is 12.9. The van der Waals surface area contributed by atoms with Gasteiger partial charge in [-0.3, -0.25) is 9.69 Å². The summed E-state index contributed by atoms with van der Waals surface area (Å²) in [6.45, 7) is 1.33. The third kappa shape index (κ3) is 3.73. The smallest absolute Gasteiger partial charge is 0.231 e. The van der Waals surface area contributed by atoms with E-state index in [1.165, 1.54) is 0 Å². The molecule has 1 N–H and O–H groups in total. The van der Waals surface area contributed by atoms with Crippen LogP contribution in [0.15, 0.2) is 66.4 Å². The highest BCUT2D eigenvalue weighted by atomic mass is 16.7. The predicted octanol–water partition coefficient (Wildman–Crippen LogP) is 4.37. The first-order valence-corrected chi connectivity index (χ1v) is 10.00. The molecule has 0 radical (unpaired) electrons. The van der Waals surface area contributed by atoms with E-state index in [0.717, 1.165) is 11.1 Å². The van der Waals surface area contributed by atoms with Crippen LogP contribution in [0.5, 0.6) is 23.0 Å². The molecule has 0 saturated heterocycles. The summed E-state index contributed by atoms with van der Waals surface area (Å²) in [5, 5.41) is 10.5. The van der Waals surface area contributed by atoms with Gasteiger partial charge in [0.15, 0.2) is 17.3 Å². The van der Waals surface area contributed by atoms with Gasteiger partial charge in [-0.05, 0) is 48.5 Å². The lowest BCUT2D eigenvalue weighted by Gasteiger charge is -2.19. The van der Waals surface area contributed by atoms with Gasteiger partial charge in [0.1, 0.15) is 11.5 Å². The summed E-state index contributed by atoms with van der Waals surface area (Å²) >= 11 is 0. The van der Waals surface area contributed by atoms with Gasteiger partial charge in [-0.1, -0.05) is 36.4 Å². The molecule has 3 aromatic rings. The molecule has 0 aliphatic carbocycles. The Morgan fingerprint density at radius 3 is 2.65 bits per heavy atom. The highest BCUT2D eigenvalue weighted by Crippen LogP contribution is 2.41. The number of ketones is 1. The maximum Gasteiger partial charge on any atom is 0.231 e. The molecule has 2 heterocycles. The Morgan fingerprint density at radius 2 is 1.81 bits per heavy atom. The van der Waals surface area contributed by atoms with Gasteiger partial charge in [0, 0.05) is 13.1 Å². The fourth-order valence-electron chi connectivity index (χ4n) is 3.82. The average Bonchev–Trinajstić information content (AvgIpc) is 3.35. The summed E-state index contributed by atoms with van der Waals surface area (Å²) in [6, 6.07) is 18.7. The van der Waals surface area contributed by atoms with Gasteiger partial charge < -0.3 is 19.3 Å². The molecule has 2 aliphatic rings. The van der Waals surface area contributed by atoms with Gasteiger partial charge >= 0.3 is 0 Å². The fourth-order valence-corrected chi connectivity index (χ4v) is 3.82. The van der Waals surface area contributed by atoms with Crippen molar-refractivity contribution >= 4 is 11.9 Å². The minimum Gasteiger partial charge on any atom is -0.507 e. The quantitative estimate of drug-likeness (QED) is 0.624. The van der Waals surface area contributed by atoms with E-state index in [1.54, 1.807) is 30.3 Å². The molecule has 0 amide bonds. The molecule has 5 rings (SSSR count). The SMILES string of the molecule is CN(Cc1ccccc1)Cc1c(O)ccc2c1OC(=Cc1ccc3c(c1)OCO3)C2=O. The van der Waals surface area contributed by atoms with Crippen LogP contribution in [-0.4, -0.2) is 29.6 Å². The Morgan fingerprint density at radius 1 is 1.00 bits per heavy atom. The van der Waals surface area contributed by atoms with Crippen LogP contribution in [0.2, 0.25) is 0 Å². The van der Waals surface area contributed by atoms with Crippen molar-refractivity contribution in [2.75, 3.05) is 13.8 Å². The number of phenolic OH excluding ortho intramolecular Hbond substituents is 1. The van der Waals surface area contributed by atoms with Gasteiger partial charge in [0.25, 0.3) is 0 Å². The molecule has 6 heteroatoms. The largest absolute Gasteiger partial charge is 0.507 e. The molecule has 31 heavy (non-hydrogen) atoms. The van der Waals surface area contributed by atoms with Crippen molar-refractivity contribution in [2.24, 2.45) is 0 Å². The van der Waals surface area contributed by atoms with E-state index in [0.29, 0.717) is 41.5 Å². The second-order valence-electron chi connectivity index (χ2n) is 7.65. The van der Waals surface area contributed by atoms with Crippen LogP contribution in [0.1, 0.15) is 27.0 Å². The summed E-state index contributed by atoms with van der Waals surface area (Å²) in [5.74, 6) is 1.84. The zero-order chi connectivity index (χ0) is 21.4. The van der Waals surface area contributed by atoms with Crippen LogP contribution < -0.4 is 14.2 Å². The molecule has 0 fully saturated rings. The lowest BCUT2D eigenvalue weighted by atomic mass is 10.0. The summed E-state index contributed by atoms with van der Waals surface area (Å²) in [6.07, 6.45) is 1.68. The number of aromatic hydroxyl groups is 1. The number of phenols is 1. The third-order valence-electron chi connectivity index (χ3n) is 5.33. The van der Waals surface area contributed by atoms with Crippen LogP contribution in [-0.2, 0) is 13.1 Å². The van der Waals surface area contributed by atoms with E-state index in [1.807, 2.05) is 31.3 Å². The Balaban J connectivity index is 1.41. The normalized spacial score (nSPS) is 15.4. The van der Waals surface area contributed by atoms with Gasteiger partial charge in [-0.25, -0.2) is 0 Å². The van der Waals surface area contributed by atoms with Crippen molar-refractivity contribution in [3.05, 3.63) is 88.7 Å². The van der Waals surface area contributed by atoms with Gasteiger partial charge in [-0.2, -0.15) is 0 Å². The molecule has 0 saturated carbocycles. The van der Waals surface area contributed by atoms with E-state index < -0.39 is 0 Å². The van der Waals surface area contributed by atoms with Crippen molar-refractivity contribution in [2.45, 2.75) is 13.1 Å². The Hall–Kier alpha value is -3.77. The van der Waals surface area contributed by atoms with Gasteiger partial charge in [0.2, 0.25) is 12.6 Å². The molecule has 0 unspecified atom stereocenters. The van der Waals surface area contributed by atoms with Crippen LogP contribution >= 0.6 is 0 Å². The maximum absolute atomic E-state index is 12.9. The first kappa shape index (κ1) is 19.2. The van der Waals surface area contributed by atoms with Crippen LogP contribution in [0.25, 0.3) is 6.08 Å². The van der Waals surface area contributed by atoms with Crippen LogP contribution in [0.3, 0.4) is 0 Å². The van der Waals surface area contributed by atoms with E-state index >= 15 is 0 Å². The second kappa shape index (κ2) is 7.81. The summed E-state index contributed by atoms with van der Waals surface area (Å²) in [7, 11) is 1.96. The standard InChI is InChI=1S/C25H21NO5/c1-26(13-16-5-3-2-4-6-16)14-19-20(27)9-8-18-24(28)23(31-25(18)19)12-17-7-10-21-22(11-17)30-15-29-21/h2-12,27H,13-15H2,1H3.